The average molecular weight is 370 g/mol. The van der Waals surface area contributed by atoms with Gasteiger partial charge in [-0.2, -0.15) is 9.57 Å². The van der Waals surface area contributed by atoms with Crippen molar-refractivity contribution in [1.82, 2.24) is 14.3 Å². The smallest absolute Gasteiger partial charge is 0.251 e. The monoisotopic (exact) mass is 370 g/mol. The molecule has 0 N–H and O–H groups in total. The molecule has 8 heteroatoms. The van der Waals surface area contributed by atoms with Crippen LogP contribution in [0.5, 0.6) is 5.88 Å². The number of hydrogen-bond donors (Lipinski definition) is 0. The Bertz CT molecular complexity index is 949. The third-order valence-electron chi connectivity index (χ3n) is 4.03. The molecule has 1 atom stereocenters. The van der Waals surface area contributed by atoms with Gasteiger partial charge in [-0.15, -0.1) is 0 Å². The second kappa shape index (κ2) is 7.64. The SMILES string of the molecule is Cc1ccc(C=CS(=O)(=O)N2CCC(Oc3nccnc3C#N)C2)cc1. The van der Waals surface area contributed by atoms with E-state index in [0.29, 0.717) is 13.0 Å². The van der Waals surface area contributed by atoms with E-state index < -0.39 is 10.0 Å². The summed E-state index contributed by atoms with van der Waals surface area (Å²) in [7, 11) is -3.54. The van der Waals surface area contributed by atoms with E-state index in [0.717, 1.165) is 11.1 Å². The van der Waals surface area contributed by atoms with Crippen LogP contribution >= 0.6 is 0 Å². The topological polar surface area (TPSA) is 96.2 Å². The summed E-state index contributed by atoms with van der Waals surface area (Å²) in [5.41, 5.74) is 2.03. The van der Waals surface area contributed by atoms with Crippen LogP contribution in [-0.2, 0) is 10.0 Å². The van der Waals surface area contributed by atoms with Gasteiger partial charge in [-0.25, -0.2) is 18.4 Å². The summed E-state index contributed by atoms with van der Waals surface area (Å²) >= 11 is 0. The Morgan fingerprint density at radius 3 is 2.73 bits per heavy atom. The van der Waals surface area contributed by atoms with Crippen molar-refractivity contribution in [1.29, 1.82) is 5.26 Å². The zero-order valence-corrected chi connectivity index (χ0v) is 15.1. The molecule has 3 rings (SSSR count). The molecule has 1 unspecified atom stereocenters. The van der Waals surface area contributed by atoms with Crippen molar-refractivity contribution in [2.24, 2.45) is 0 Å². The fourth-order valence-corrected chi connectivity index (χ4v) is 3.83. The number of hydrogen-bond acceptors (Lipinski definition) is 6. The molecule has 0 amide bonds. The molecule has 1 aliphatic heterocycles. The van der Waals surface area contributed by atoms with Crippen molar-refractivity contribution in [2.45, 2.75) is 19.4 Å². The molecule has 2 aromatic rings. The number of aryl methyl sites for hydroxylation is 1. The van der Waals surface area contributed by atoms with Crippen LogP contribution in [0.3, 0.4) is 0 Å². The van der Waals surface area contributed by atoms with Crippen LogP contribution < -0.4 is 4.74 Å². The quantitative estimate of drug-likeness (QED) is 0.800. The first-order chi connectivity index (χ1) is 12.5. The maximum Gasteiger partial charge on any atom is 0.251 e. The molecule has 0 saturated carbocycles. The molecule has 0 aliphatic carbocycles. The van der Waals surface area contributed by atoms with Crippen LogP contribution in [0, 0.1) is 18.3 Å². The highest BCUT2D eigenvalue weighted by atomic mass is 32.2. The third kappa shape index (κ3) is 4.25. The Morgan fingerprint density at radius 2 is 2.00 bits per heavy atom. The normalized spacial score (nSPS) is 18.1. The number of rotatable bonds is 5. The summed E-state index contributed by atoms with van der Waals surface area (Å²) in [4.78, 5) is 7.88. The van der Waals surface area contributed by atoms with Crippen molar-refractivity contribution in [3.8, 4) is 11.9 Å². The van der Waals surface area contributed by atoms with Gasteiger partial charge in [0.2, 0.25) is 15.7 Å². The van der Waals surface area contributed by atoms with Gasteiger partial charge in [-0.05, 0) is 25.0 Å². The van der Waals surface area contributed by atoms with E-state index in [2.05, 4.69) is 9.97 Å². The fraction of sp³-hybridized carbons (Fsp3) is 0.278. The highest BCUT2D eigenvalue weighted by Crippen LogP contribution is 2.21. The molecule has 26 heavy (non-hydrogen) atoms. The standard InChI is InChI=1S/C18H18N4O3S/c1-14-2-4-15(5-3-14)7-11-26(23,24)22-10-6-16(13-22)25-18-17(12-19)20-8-9-21-18/h2-5,7-9,11,16H,6,10,13H2,1H3. The lowest BCUT2D eigenvalue weighted by molar-refractivity contribution is 0.205. The van der Waals surface area contributed by atoms with Gasteiger partial charge in [0.25, 0.3) is 5.88 Å². The summed E-state index contributed by atoms with van der Waals surface area (Å²) in [6.45, 7) is 2.54. The number of nitriles is 1. The second-order valence-electron chi connectivity index (χ2n) is 5.97. The molecule has 134 valence electrons. The number of aromatic nitrogens is 2. The minimum atomic E-state index is -3.54. The third-order valence-corrected chi connectivity index (χ3v) is 5.56. The average Bonchev–Trinajstić information content (AvgIpc) is 3.11. The summed E-state index contributed by atoms with van der Waals surface area (Å²) in [5, 5.41) is 10.2. The summed E-state index contributed by atoms with van der Waals surface area (Å²) in [6.07, 6.45) is 4.59. The van der Waals surface area contributed by atoms with E-state index in [4.69, 9.17) is 10.00 Å². The molecule has 0 bridgehead atoms. The molecule has 7 nitrogen and oxygen atoms in total. The predicted octanol–water partition coefficient (Wildman–Crippen LogP) is 2.11. The molecule has 0 spiro atoms. The minimum Gasteiger partial charge on any atom is -0.471 e. The second-order valence-corrected chi connectivity index (χ2v) is 7.79. The maximum atomic E-state index is 12.5. The van der Waals surface area contributed by atoms with Crippen molar-refractivity contribution in [3.63, 3.8) is 0 Å². The zero-order valence-electron chi connectivity index (χ0n) is 14.2. The first-order valence-electron chi connectivity index (χ1n) is 8.10. The van der Waals surface area contributed by atoms with E-state index in [1.807, 2.05) is 37.3 Å². The molecular weight excluding hydrogens is 352 g/mol. The van der Waals surface area contributed by atoms with Gasteiger partial charge in [0.1, 0.15) is 12.2 Å². The lowest BCUT2D eigenvalue weighted by Gasteiger charge is -2.15. The Labute approximate surface area is 152 Å². The van der Waals surface area contributed by atoms with Crippen molar-refractivity contribution >= 4 is 16.1 Å². The summed E-state index contributed by atoms with van der Waals surface area (Å²) < 4.78 is 32.0. The van der Waals surface area contributed by atoms with Crippen LogP contribution in [0.25, 0.3) is 6.08 Å². The van der Waals surface area contributed by atoms with Crippen LogP contribution in [0.1, 0.15) is 23.2 Å². The van der Waals surface area contributed by atoms with Gasteiger partial charge in [-0.1, -0.05) is 29.8 Å². The Kier molecular flexibility index (Phi) is 5.30. The Hall–Kier alpha value is -2.76. The van der Waals surface area contributed by atoms with Gasteiger partial charge in [0.15, 0.2) is 0 Å². The molecule has 1 saturated heterocycles. The van der Waals surface area contributed by atoms with E-state index in [1.54, 1.807) is 6.08 Å². The van der Waals surface area contributed by atoms with Crippen LogP contribution in [0.4, 0.5) is 0 Å². The molecule has 1 fully saturated rings. The van der Waals surface area contributed by atoms with Gasteiger partial charge >= 0.3 is 0 Å². The lowest BCUT2D eigenvalue weighted by atomic mass is 10.2. The van der Waals surface area contributed by atoms with E-state index in [-0.39, 0.29) is 24.2 Å². The largest absolute Gasteiger partial charge is 0.471 e. The summed E-state index contributed by atoms with van der Waals surface area (Å²) in [6, 6.07) is 9.51. The molecule has 0 radical (unpaired) electrons. The number of sulfonamides is 1. The first-order valence-corrected chi connectivity index (χ1v) is 9.61. The fourth-order valence-electron chi connectivity index (χ4n) is 2.60. The maximum absolute atomic E-state index is 12.5. The van der Waals surface area contributed by atoms with Crippen LogP contribution in [0.2, 0.25) is 0 Å². The minimum absolute atomic E-state index is 0.0908. The Morgan fingerprint density at radius 1 is 1.27 bits per heavy atom. The number of ether oxygens (including phenoxy) is 1. The van der Waals surface area contributed by atoms with Gasteiger partial charge < -0.3 is 4.74 Å². The zero-order chi connectivity index (χ0) is 18.6. The van der Waals surface area contributed by atoms with Crippen molar-refractivity contribution < 1.29 is 13.2 Å². The highest BCUT2D eigenvalue weighted by Gasteiger charge is 2.31. The summed E-state index contributed by atoms with van der Waals surface area (Å²) in [5.74, 6) is 0.134. The predicted molar refractivity (Wildman–Crippen MR) is 96.5 cm³/mol. The van der Waals surface area contributed by atoms with Crippen molar-refractivity contribution in [2.75, 3.05) is 13.1 Å². The first kappa shape index (κ1) is 18.0. The van der Waals surface area contributed by atoms with Gasteiger partial charge in [0.05, 0.1) is 6.54 Å². The van der Waals surface area contributed by atoms with E-state index >= 15 is 0 Å². The molecule has 1 aromatic carbocycles. The molecule has 1 aliphatic rings. The van der Waals surface area contributed by atoms with E-state index in [9.17, 15) is 8.42 Å². The lowest BCUT2D eigenvalue weighted by Crippen LogP contribution is -2.29. The van der Waals surface area contributed by atoms with Gasteiger partial charge in [0, 0.05) is 24.3 Å². The van der Waals surface area contributed by atoms with Crippen molar-refractivity contribution in [3.05, 3.63) is 58.9 Å². The highest BCUT2D eigenvalue weighted by molar-refractivity contribution is 7.92. The van der Waals surface area contributed by atoms with E-state index in [1.165, 1.54) is 22.1 Å². The number of nitrogens with zero attached hydrogens (tertiary/aromatic N) is 4. The number of benzene rings is 1. The van der Waals surface area contributed by atoms with Crippen LogP contribution in [-0.4, -0.2) is 41.9 Å². The van der Waals surface area contributed by atoms with Crippen LogP contribution in [0.15, 0.2) is 42.1 Å². The Balaban J connectivity index is 1.65. The van der Waals surface area contributed by atoms with Gasteiger partial charge in [-0.3, -0.25) is 0 Å². The molecule has 2 heterocycles. The molecular formula is C18H18N4O3S. The molecule has 1 aromatic heterocycles.